The van der Waals surface area contributed by atoms with Gasteiger partial charge in [0.25, 0.3) is 0 Å². The van der Waals surface area contributed by atoms with Crippen molar-refractivity contribution in [2.24, 2.45) is 0 Å². The van der Waals surface area contributed by atoms with Crippen molar-refractivity contribution in [3.05, 3.63) is 0 Å². The van der Waals surface area contributed by atoms with E-state index in [0.29, 0.717) is 0 Å². The molecule has 0 bridgehead atoms. The van der Waals surface area contributed by atoms with E-state index in [4.69, 9.17) is 15.3 Å². The fraction of sp³-hybridized carbons (Fsp3) is 0.667. The van der Waals surface area contributed by atoms with Gasteiger partial charge >= 0.3 is 71.1 Å². The van der Waals surface area contributed by atoms with Crippen LogP contribution in [0.2, 0.25) is 0 Å². The van der Waals surface area contributed by atoms with Crippen LogP contribution in [0.15, 0.2) is 0 Å². The molecule has 68 valence electrons. The number of carbonyl (C=O) groups is 2. The van der Waals surface area contributed by atoms with Gasteiger partial charge in [0.05, 0.1) is 12.5 Å². The minimum atomic E-state index is -1.12. The third kappa shape index (κ3) is 15.6. The molecule has 1 unspecified atom stereocenters. The summed E-state index contributed by atoms with van der Waals surface area (Å²) in [6.45, 7) is 0. The molecule has 0 rings (SSSR count). The van der Waals surface area contributed by atoms with E-state index < -0.39 is 24.5 Å². The van der Waals surface area contributed by atoms with Crippen molar-refractivity contribution in [3.8, 4) is 0 Å². The molecule has 0 radical (unpaired) electrons. The summed E-state index contributed by atoms with van der Waals surface area (Å²) in [4.78, 5) is 19.9. The van der Waals surface area contributed by atoms with Crippen LogP contribution in [0.1, 0.15) is 19.3 Å². The van der Waals surface area contributed by atoms with Crippen LogP contribution in [-0.4, -0.2) is 92.5 Å². The van der Waals surface area contributed by atoms with Crippen LogP contribution in [0.3, 0.4) is 0 Å². The van der Waals surface area contributed by atoms with E-state index in [1.54, 1.807) is 0 Å². The maximum atomic E-state index is 9.95. The van der Waals surface area contributed by atoms with Gasteiger partial charge in [0.15, 0.2) is 0 Å². The van der Waals surface area contributed by atoms with Crippen LogP contribution in [0.5, 0.6) is 0 Å². The Bertz CT molecular complexity index is 161. The van der Waals surface area contributed by atoms with E-state index >= 15 is 0 Å². The molecule has 0 saturated carbocycles. The van der Waals surface area contributed by atoms with Gasteiger partial charge in [-0.05, 0) is 6.42 Å². The summed E-state index contributed by atoms with van der Waals surface area (Å²) < 4.78 is 0. The molecule has 7 heteroatoms. The summed E-state index contributed by atoms with van der Waals surface area (Å²) in [5.41, 5.74) is 0. The SMILES string of the molecule is O=C(O)CCC(O)CC(=O)O.[NaH].[NaH]. The predicted octanol–water partition coefficient (Wildman–Crippen LogP) is -1.61. The van der Waals surface area contributed by atoms with Crippen molar-refractivity contribution in [3.63, 3.8) is 0 Å². The van der Waals surface area contributed by atoms with Crippen molar-refractivity contribution in [2.45, 2.75) is 25.4 Å². The molecule has 0 spiro atoms. The van der Waals surface area contributed by atoms with Crippen LogP contribution in [0.4, 0.5) is 0 Å². The fourth-order valence-electron chi connectivity index (χ4n) is 0.594. The Morgan fingerprint density at radius 1 is 1.08 bits per heavy atom. The number of carboxylic acids is 2. The van der Waals surface area contributed by atoms with Gasteiger partial charge in [-0.25, -0.2) is 0 Å². The Morgan fingerprint density at radius 3 is 1.85 bits per heavy atom. The molecule has 0 aliphatic heterocycles. The van der Waals surface area contributed by atoms with Gasteiger partial charge in [-0.2, -0.15) is 0 Å². The molecular weight excluding hydrogens is 198 g/mol. The minimum absolute atomic E-state index is 0. The molecule has 0 saturated heterocycles. The summed E-state index contributed by atoms with van der Waals surface area (Å²) in [6.07, 6.45) is -1.66. The van der Waals surface area contributed by atoms with E-state index in [9.17, 15) is 9.59 Å². The second-order valence-electron chi connectivity index (χ2n) is 2.18. The van der Waals surface area contributed by atoms with E-state index in [0.717, 1.165) is 0 Å². The number of aliphatic hydroxyl groups is 1. The van der Waals surface area contributed by atoms with Crippen LogP contribution >= 0.6 is 0 Å². The Hall–Kier alpha value is 0.900. The van der Waals surface area contributed by atoms with Gasteiger partial charge in [0, 0.05) is 6.42 Å². The molecule has 0 heterocycles. The molecule has 0 aromatic rings. The van der Waals surface area contributed by atoms with Crippen LogP contribution < -0.4 is 0 Å². The van der Waals surface area contributed by atoms with Gasteiger partial charge in [-0.15, -0.1) is 0 Å². The van der Waals surface area contributed by atoms with E-state index in [1.807, 2.05) is 0 Å². The summed E-state index contributed by atoms with van der Waals surface area (Å²) in [6, 6.07) is 0. The first-order chi connectivity index (χ1) is 5.02. The Morgan fingerprint density at radius 2 is 1.54 bits per heavy atom. The number of aliphatic carboxylic acids is 2. The quantitative estimate of drug-likeness (QED) is 0.474. The third-order valence-corrected chi connectivity index (χ3v) is 1.10. The summed E-state index contributed by atoms with van der Waals surface area (Å²) in [5, 5.41) is 25.1. The zero-order chi connectivity index (χ0) is 8.85. The Labute approximate surface area is 120 Å². The summed E-state index contributed by atoms with van der Waals surface area (Å²) in [5.74, 6) is -2.16. The number of rotatable bonds is 5. The van der Waals surface area contributed by atoms with Crippen molar-refractivity contribution in [2.75, 3.05) is 0 Å². The third-order valence-electron chi connectivity index (χ3n) is 1.10. The molecule has 0 amide bonds. The number of aliphatic hydroxyl groups excluding tert-OH is 1. The van der Waals surface area contributed by atoms with Gasteiger partial charge in [-0.1, -0.05) is 0 Å². The van der Waals surface area contributed by atoms with Crippen LogP contribution in [-0.2, 0) is 9.59 Å². The van der Waals surface area contributed by atoms with Gasteiger partial charge in [0.1, 0.15) is 0 Å². The average Bonchev–Trinajstić information content (AvgIpc) is 1.82. The molecule has 0 aliphatic carbocycles. The molecule has 0 aliphatic rings. The number of carboxylic acid groups (broad SMARTS) is 2. The zero-order valence-electron chi connectivity index (χ0n) is 5.86. The monoisotopic (exact) mass is 210 g/mol. The van der Waals surface area contributed by atoms with Gasteiger partial charge in [0.2, 0.25) is 0 Å². The standard InChI is InChI=1S/C6H10O5.2Na.2H/c7-4(3-6(10)11)1-2-5(8)9;;;;/h4,7H,1-3H2,(H,8,9)(H,10,11);;;;. The molecular formula is C6H12Na2O5. The second-order valence-corrected chi connectivity index (χ2v) is 2.18. The van der Waals surface area contributed by atoms with Crippen LogP contribution in [0, 0.1) is 0 Å². The summed E-state index contributed by atoms with van der Waals surface area (Å²) >= 11 is 0. The molecule has 1 atom stereocenters. The molecule has 0 fully saturated rings. The normalized spacial score (nSPS) is 10.5. The molecule has 0 aromatic heterocycles. The van der Waals surface area contributed by atoms with E-state index in [-0.39, 0.29) is 72.0 Å². The summed E-state index contributed by atoms with van der Waals surface area (Å²) in [7, 11) is 0. The van der Waals surface area contributed by atoms with Gasteiger partial charge < -0.3 is 15.3 Å². The molecule has 0 aromatic carbocycles. The molecule has 13 heavy (non-hydrogen) atoms. The van der Waals surface area contributed by atoms with Crippen molar-refractivity contribution >= 4 is 71.1 Å². The predicted molar refractivity (Wildman–Crippen MR) is 49.4 cm³/mol. The average molecular weight is 210 g/mol. The van der Waals surface area contributed by atoms with Crippen molar-refractivity contribution in [1.29, 1.82) is 0 Å². The van der Waals surface area contributed by atoms with Gasteiger partial charge in [-0.3, -0.25) is 9.59 Å². The van der Waals surface area contributed by atoms with Crippen LogP contribution in [0.25, 0.3) is 0 Å². The fourth-order valence-corrected chi connectivity index (χ4v) is 0.594. The van der Waals surface area contributed by atoms with E-state index in [2.05, 4.69) is 0 Å². The van der Waals surface area contributed by atoms with Crippen molar-refractivity contribution < 1.29 is 24.9 Å². The number of hydrogen-bond acceptors (Lipinski definition) is 3. The zero-order valence-corrected chi connectivity index (χ0v) is 5.86. The first-order valence-corrected chi connectivity index (χ1v) is 3.14. The first-order valence-electron chi connectivity index (χ1n) is 3.14. The molecule has 5 nitrogen and oxygen atoms in total. The van der Waals surface area contributed by atoms with E-state index in [1.165, 1.54) is 0 Å². The number of hydrogen-bond donors (Lipinski definition) is 3. The topological polar surface area (TPSA) is 94.8 Å². The second kappa shape index (κ2) is 11.0. The first kappa shape index (κ1) is 19.5. The molecule has 3 N–H and O–H groups in total. The Balaban J connectivity index is -0.000000500. The maximum absolute atomic E-state index is 9.95. The Kier molecular flexibility index (Phi) is 16.4. The van der Waals surface area contributed by atoms with Crippen molar-refractivity contribution in [1.82, 2.24) is 0 Å².